The van der Waals surface area contributed by atoms with Gasteiger partial charge in [0, 0.05) is 5.38 Å². The molecule has 22 heavy (non-hydrogen) atoms. The van der Waals surface area contributed by atoms with Crippen LogP contribution >= 0.6 is 11.3 Å². The van der Waals surface area contributed by atoms with Gasteiger partial charge in [-0.25, -0.2) is 9.78 Å². The molecule has 2 rings (SSSR count). The summed E-state index contributed by atoms with van der Waals surface area (Å²) in [4.78, 5) is 16.0. The molecule has 0 fully saturated rings. The van der Waals surface area contributed by atoms with Crippen LogP contribution in [-0.2, 0) is 6.54 Å². The fraction of sp³-hybridized carbons (Fsp3) is 0.375. The highest BCUT2D eigenvalue weighted by molar-refractivity contribution is 7.09. The first-order valence-electron chi connectivity index (χ1n) is 7.19. The molecule has 5 nitrogen and oxygen atoms in total. The Hall–Kier alpha value is -2.08. The number of urea groups is 1. The number of hydrogen-bond acceptors (Lipinski definition) is 4. The molecule has 0 unspecified atom stereocenters. The Labute approximate surface area is 134 Å². The van der Waals surface area contributed by atoms with E-state index in [4.69, 9.17) is 4.74 Å². The quantitative estimate of drug-likeness (QED) is 0.860. The second-order valence-corrected chi connectivity index (χ2v) is 6.23. The van der Waals surface area contributed by atoms with Gasteiger partial charge in [-0.2, -0.15) is 0 Å². The van der Waals surface area contributed by atoms with Crippen LogP contribution in [0.1, 0.15) is 23.2 Å². The number of aryl methyl sites for hydroxylation is 2. The van der Waals surface area contributed by atoms with E-state index in [-0.39, 0.29) is 12.1 Å². The first kappa shape index (κ1) is 16.3. The molecule has 1 aromatic heterocycles. The molecule has 0 aliphatic rings. The number of benzene rings is 1. The van der Waals surface area contributed by atoms with E-state index in [1.54, 1.807) is 11.3 Å². The monoisotopic (exact) mass is 319 g/mol. The molecule has 0 saturated heterocycles. The minimum absolute atomic E-state index is 0.103. The van der Waals surface area contributed by atoms with Gasteiger partial charge in [0.1, 0.15) is 11.9 Å². The van der Waals surface area contributed by atoms with E-state index in [1.165, 1.54) is 0 Å². The van der Waals surface area contributed by atoms with Crippen molar-refractivity contribution in [3.63, 3.8) is 0 Å². The van der Waals surface area contributed by atoms with Crippen LogP contribution in [0.4, 0.5) is 4.79 Å². The van der Waals surface area contributed by atoms with Crippen LogP contribution in [0.3, 0.4) is 0 Å². The van der Waals surface area contributed by atoms with Gasteiger partial charge >= 0.3 is 6.03 Å². The average Bonchev–Trinajstić information content (AvgIpc) is 2.89. The van der Waals surface area contributed by atoms with E-state index in [9.17, 15) is 4.79 Å². The van der Waals surface area contributed by atoms with E-state index >= 15 is 0 Å². The third-order valence-electron chi connectivity index (χ3n) is 2.97. The van der Waals surface area contributed by atoms with Crippen LogP contribution in [0.2, 0.25) is 0 Å². The molecular weight excluding hydrogens is 298 g/mol. The fourth-order valence-electron chi connectivity index (χ4n) is 1.92. The first-order chi connectivity index (χ1) is 10.5. The maximum Gasteiger partial charge on any atom is 0.315 e. The fourth-order valence-corrected chi connectivity index (χ4v) is 2.53. The Morgan fingerprint density at radius 3 is 2.86 bits per heavy atom. The van der Waals surface area contributed by atoms with E-state index < -0.39 is 0 Å². The van der Waals surface area contributed by atoms with Crippen molar-refractivity contribution in [3.05, 3.63) is 45.9 Å². The van der Waals surface area contributed by atoms with Gasteiger partial charge in [0.2, 0.25) is 0 Å². The maximum absolute atomic E-state index is 11.7. The summed E-state index contributed by atoms with van der Waals surface area (Å²) < 4.78 is 5.76. The standard InChI is InChI=1S/C16H21N3O2S/c1-11-5-4-6-15(7-11)21-12(2)8-17-16(20)18-9-14-10-22-13(3)19-14/h4-7,10,12H,8-9H2,1-3H3,(H2,17,18,20)/t12-/m1/s1. The summed E-state index contributed by atoms with van der Waals surface area (Å²) in [7, 11) is 0. The van der Waals surface area contributed by atoms with Crippen molar-refractivity contribution >= 4 is 17.4 Å². The van der Waals surface area contributed by atoms with Gasteiger partial charge in [-0.3, -0.25) is 0 Å². The lowest BCUT2D eigenvalue weighted by atomic mass is 10.2. The number of aromatic nitrogens is 1. The van der Waals surface area contributed by atoms with Crippen LogP contribution < -0.4 is 15.4 Å². The number of nitrogens with one attached hydrogen (secondary N) is 2. The molecule has 0 spiro atoms. The Morgan fingerprint density at radius 2 is 2.18 bits per heavy atom. The SMILES string of the molecule is Cc1cccc(O[C@H](C)CNC(=O)NCc2csc(C)n2)c1. The third-order valence-corrected chi connectivity index (χ3v) is 3.80. The Bertz CT molecular complexity index is 627. The molecule has 1 atom stereocenters. The van der Waals surface area contributed by atoms with Gasteiger partial charge in [-0.05, 0) is 38.5 Å². The number of hydrogen-bond donors (Lipinski definition) is 2. The topological polar surface area (TPSA) is 63.2 Å². The molecule has 1 heterocycles. The maximum atomic E-state index is 11.7. The number of nitrogens with zero attached hydrogens (tertiary/aromatic N) is 1. The molecule has 2 N–H and O–H groups in total. The number of rotatable bonds is 6. The van der Waals surface area contributed by atoms with Gasteiger partial charge in [-0.1, -0.05) is 12.1 Å². The van der Waals surface area contributed by atoms with E-state index in [1.807, 2.05) is 50.4 Å². The molecule has 2 aromatic rings. The molecule has 0 bridgehead atoms. The highest BCUT2D eigenvalue weighted by Gasteiger charge is 2.07. The van der Waals surface area contributed by atoms with Crippen LogP contribution in [0, 0.1) is 13.8 Å². The van der Waals surface area contributed by atoms with Crippen molar-refractivity contribution in [3.8, 4) is 5.75 Å². The Balaban J connectivity index is 1.69. The van der Waals surface area contributed by atoms with Crippen LogP contribution in [0.5, 0.6) is 5.75 Å². The third kappa shape index (κ3) is 5.37. The molecule has 0 aliphatic carbocycles. The Kier molecular flexibility index (Phi) is 5.77. The molecule has 0 aliphatic heterocycles. The highest BCUT2D eigenvalue weighted by Crippen LogP contribution is 2.13. The summed E-state index contributed by atoms with van der Waals surface area (Å²) in [6, 6.07) is 7.64. The largest absolute Gasteiger partial charge is 0.489 e. The first-order valence-corrected chi connectivity index (χ1v) is 8.07. The van der Waals surface area contributed by atoms with Crippen molar-refractivity contribution in [1.82, 2.24) is 15.6 Å². The lowest BCUT2D eigenvalue weighted by Gasteiger charge is -2.16. The predicted molar refractivity (Wildman–Crippen MR) is 88.4 cm³/mol. The van der Waals surface area contributed by atoms with Crippen molar-refractivity contribution in [2.24, 2.45) is 0 Å². The summed E-state index contributed by atoms with van der Waals surface area (Å²) in [5.41, 5.74) is 2.02. The average molecular weight is 319 g/mol. The smallest absolute Gasteiger partial charge is 0.315 e. The van der Waals surface area contributed by atoms with Crippen molar-refractivity contribution < 1.29 is 9.53 Å². The number of thiazole rings is 1. The summed E-state index contributed by atoms with van der Waals surface area (Å²) >= 11 is 1.57. The van der Waals surface area contributed by atoms with Crippen molar-refractivity contribution in [2.45, 2.75) is 33.4 Å². The molecular formula is C16H21N3O2S. The zero-order valence-corrected chi connectivity index (χ0v) is 13.9. The van der Waals surface area contributed by atoms with Crippen LogP contribution in [0.15, 0.2) is 29.6 Å². The lowest BCUT2D eigenvalue weighted by Crippen LogP contribution is -2.40. The van der Waals surface area contributed by atoms with Crippen molar-refractivity contribution in [2.75, 3.05) is 6.54 Å². The summed E-state index contributed by atoms with van der Waals surface area (Å²) in [6.45, 7) is 6.76. The number of ether oxygens (including phenoxy) is 1. The second kappa shape index (κ2) is 7.79. The van der Waals surface area contributed by atoms with E-state index in [0.717, 1.165) is 22.0 Å². The number of amides is 2. The molecule has 118 valence electrons. The highest BCUT2D eigenvalue weighted by atomic mass is 32.1. The normalized spacial score (nSPS) is 11.8. The second-order valence-electron chi connectivity index (χ2n) is 5.17. The van der Waals surface area contributed by atoms with Gasteiger partial charge in [0.25, 0.3) is 0 Å². The molecule has 6 heteroatoms. The number of carbonyl (C=O) groups excluding carboxylic acids is 1. The lowest BCUT2D eigenvalue weighted by molar-refractivity contribution is 0.207. The molecule has 0 radical (unpaired) electrons. The van der Waals surface area contributed by atoms with Crippen LogP contribution in [0.25, 0.3) is 0 Å². The van der Waals surface area contributed by atoms with Gasteiger partial charge < -0.3 is 15.4 Å². The van der Waals surface area contributed by atoms with E-state index in [0.29, 0.717) is 13.1 Å². The van der Waals surface area contributed by atoms with Crippen LogP contribution in [-0.4, -0.2) is 23.7 Å². The molecule has 2 amide bonds. The number of carbonyl (C=O) groups is 1. The van der Waals surface area contributed by atoms with Gasteiger partial charge in [0.05, 0.1) is 23.8 Å². The van der Waals surface area contributed by atoms with Gasteiger partial charge in [0.15, 0.2) is 0 Å². The summed E-state index contributed by atoms with van der Waals surface area (Å²) in [5, 5.41) is 8.52. The van der Waals surface area contributed by atoms with Crippen molar-refractivity contribution in [1.29, 1.82) is 0 Å². The summed E-state index contributed by atoms with van der Waals surface area (Å²) in [6.07, 6.45) is -0.103. The predicted octanol–water partition coefficient (Wildman–Crippen LogP) is 3.03. The Morgan fingerprint density at radius 1 is 1.36 bits per heavy atom. The summed E-state index contributed by atoms with van der Waals surface area (Å²) in [5.74, 6) is 0.813. The zero-order chi connectivity index (χ0) is 15.9. The zero-order valence-electron chi connectivity index (χ0n) is 13.1. The minimum Gasteiger partial charge on any atom is -0.489 e. The molecule has 0 saturated carbocycles. The van der Waals surface area contributed by atoms with Gasteiger partial charge in [-0.15, -0.1) is 11.3 Å². The molecule has 1 aromatic carbocycles. The van der Waals surface area contributed by atoms with E-state index in [2.05, 4.69) is 15.6 Å². The minimum atomic E-state index is -0.217.